The van der Waals surface area contributed by atoms with Gasteiger partial charge in [0.05, 0.1) is 0 Å². The summed E-state index contributed by atoms with van der Waals surface area (Å²) in [4.78, 5) is 29.1. The van der Waals surface area contributed by atoms with Crippen LogP contribution < -0.4 is 5.73 Å². The summed E-state index contributed by atoms with van der Waals surface area (Å²) in [6, 6.07) is 14.9. The number of carbonyl (C=O) groups is 2. The molecule has 3 N–H and O–H groups in total. The maximum atomic E-state index is 12.7. The van der Waals surface area contributed by atoms with Crippen LogP contribution in [0.2, 0.25) is 0 Å². The van der Waals surface area contributed by atoms with E-state index in [0.29, 0.717) is 17.0 Å². The minimum Gasteiger partial charge on any atom is -0.366 e. The van der Waals surface area contributed by atoms with E-state index in [1.165, 1.54) is 10.9 Å². The molecule has 132 valence electrons. The topological polar surface area (TPSA) is 79.2 Å². The first-order valence-electron chi connectivity index (χ1n) is 8.88. The Balaban J connectivity index is 1.44. The molecule has 0 unspecified atom stereocenters. The van der Waals surface area contributed by atoms with Crippen LogP contribution in [-0.4, -0.2) is 34.8 Å². The van der Waals surface area contributed by atoms with E-state index in [9.17, 15) is 9.59 Å². The smallest absolute Gasteiger partial charge is 0.253 e. The van der Waals surface area contributed by atoms with Gasteiger partial charge in [0.2, 0.25) is 5.91 Å². The summed E-state index contributed by atoms with van der Waals surface area (Å²) >= 11 is 0. The molecule has 5 heteroatoms. The molecule has 26 heavy (non-hydrogen) atoms. The van der Waals surface area contributed by atoms with Gasteiger partial charge in [-0.2, -0.15) is 0 Å². The average molecular weight is 347 g/mol. The molecule has 1 aromatic heterocycles. The van der Waals surface area contributed by atoms with Gasteiger partial charge in [-0.05, 0) is 54.7 Å². The number of fused-ring (bicyclic) bond motifs is 1. The number of likely N-dealkylation sites (tertiary alicyclic amines) is 1. The Kier molecular flexibility index (Phi) is 4.21. The number of benzene rings is 2. The second-order valence-corrected chi connectivity index (χ2v) is 6.80. The number of rotatable bonds is 3. The highest BCUT2D eigenvalue weighted by atomic mass is 16.2. The van der Waals surface area contributed by atoms with Gasteiger partial charge in [0, 0.05) is 41.3 Å². The standard InChI is InChI=1S/C21H21N3O2/c22-20(25)15-5-7-16(8-6-15)21(26)24-11-9-14(10-12-24)18-13-23-19-4-2-1-3-17(18)19/h1-8,13-14,23H,9-12H2,(H2,22,25). The van der Waals surface area contributed by atoms with Gasteiger partial charge in [0.25, 0.3) is 5.91 Å². The molecule has 1 saturated heterocycles. The monoisotopic (exact) mass is 347 g/mol. The van der Waals surface area contributed by atoms with Gasteiger partial charge in [-0.25, -0.2) is 0 Å². The zero-order valence-corrected chi connectivity index (χ0v) is 14.4. The van der Waals surface area contributed by atoms with E-state index in [2.05, 4.69) is 29.4 Å². The molecule has 1 fully saturated rings. The number of piperidine rings is 1. The predicted molar refractivity (Wildman–Crippen MR) is 101 cm³/mol. The summed E-state index contributed by atoms with van der Waals surface area (Å²) in [7, 11) is 0. The number of aromatic amines is 1. The van der Waals surface area contributed by atoms with Crippen molar-refractivity contribution < 1.29 is 9.59 Å². The number of nitrogens with zero attached hydrogens (tertiary/aromatic N) is 1. The number of primary amides is 1. The summed E-state index contributed by atoms with van der Waals surface area (Å²) in [5.74, 6) is -0.00521. The Labute approximate surface area is 151 Å². The number of aromatic nitrogens is 1. The third kappa shape index (κ3) is 2.96. The Morgan fingerprint density at radius 3 is 2.31 bits per heavy atom. The second-order valence-electron chi connectivity index (χ2n) is 6.80. The van der Waals surface area contributed by atoms with Crippen LogP contribution in [0.25, 0.3) is 10.9 Å². The predicted octanol–water partition coefficient (Wildman–Crippen LogP) is 3.29. The maximum Gasteiger partial charge on any atom is 0.253 e. The summed E-state index contributed by atoms with van der Waals surface area (Å²) in [5, 5.41) is 1.28. The Hall–Kier alpha value is -3.08. The Morgan fingerprint density at radius 1 is 0.962 bits per heavy atom. The number of amides is 2. The Bertz CT molecular complexity index is 951. The lowest BCUT2D eigenvalue weighted by Crippen LogP contribution is -2.37. The molecule has 0 saturated carbocycles. The minimum atomic E-state index is -0.483. The summed E-state index contributed by atoms with van der Waals surface area (Å²) in [5.41, 5.74) is 8.77. The first-order chi connectivity index (χ1) is 12.6. The fraction of sp³-hybridized carbons (Fsp3) is 0.238. The van der Waals surface area contributed by atoms with Gasteiger partial charge in [0.15, 0.2) is 0 Å². The number of hydrogen-bond acceptors (Lipinski definition) is 2. The van der Waals surface area contributed by atoms with Gasteiger partial charge >= 0.3 is 0 Å². The van der Waals surface area contributed by atoms with Crippen molar-refractivity contribution in [2.75, 3.05) is 13.1 Å². The molecular formula is C21H21N3O2. The van der Waals surface area contributed by atoms with Crippen LogP contribution >= 0.6 is 0 Å². The SMILES string of the molecule is NC(=O)c1ccc(C(=O)N2CCC(c3c[nH]c4ccccc34)CC2)cc1. The van der Waals surface area contributed by atoms with Crippen molar-refractivity contribution in [2.45, 2.75) is 18.8 Å². The second kappa shape index (κ2) is 6.67. The highest BCUT2D eigenvalue weighted by molar-refractivity contribution is 5.97. The van der Waals surface area contributed by atoms with Crippen LogP contribution in [0.5, 0.6) is 0 Å². The van der Waals surface area contributed by atoms with Crippen LogP contribution in [-0.2, 0) is 0 Å². The third-order valence-electron chi connectivity index (χ3n) is 5.26. The van der Waals surface area contributed by atoms with Crippen LogP contribution in [0.15, 0.2) is 54.7 Å². The molecule has 2 heterocycles. The number of hydrogen-bond donors (Lipinski definition) is 2. The first kappa shape index (κ1) is 16.4. The summed E-state index contributed by atoms with van der Waals surface area (Å²) in [6.45, 7) is 1.47. The quantitative estimate of drug-likeness (QED) is 0.762. The number of para-hydroxylation sites is 1. The molecule has 2 amide bonds. The van der Waals surface area contributed by atoms with Crippen molar-refractivity contribution in [1.29, 1.82) is 0 Å². The lowest BCUT2D eigenvalue weighted by atomic mass is 9.89. The van der Waals surface area contributed by atoms with Crippen LogP contribution in [0, 0.1) is 0 Å². The van der Waals surface area contributed by atoms with Crippen LogP contribution in [0.4, 0.5) is 0 Å². The van der Waals surface area contributed by atoms with E-state index in [4.69, 9.17) is 5.73 Å². The van der Waals surface area contributed by atoms with E-state index < -0.39 is 5.91 Å². The summed E-state index contributed by atoms with van der Waals surface area (Å²) < 4.78 is 0. The number of H-pyrrole nitrogens is 1. The van der Waals surface area contributed by atoms with Crippen molar-refractivity contribution in [2.24, 2.45) is 5.73 Å². The van der Waals surface area contributed by atoms with Crippen molar-refractivity contribution >= 4 is 22.7 Å². The van der Waals surface area contributed by atoms with E-state index >= 15 is 0 Å². The van der Waals surface area contributed by atoms with E-state index in [0.717, 1.165) is 31.4 Å². The molecule has 0 atom stereocenters. The number of nitrogens with two attached hydrogens (primary N) is 1. The third-order valence-corrected chi connectivity index (χ3v) is 5.26. The lowest BCUT2D eigenvalue weighted by Gasteiger charge is -2.32. The molecule has 0 aliphatic carbocycles. The molecule has 5 nitrogen and oxygen atoms in total. The Morgan fingerprint density at radius 2 is 1.62 bits per heavy atom. The molecule has 1 aliphatic heterocycles. The van der Waals surface area contributed by atoms with E-state index in [1.807, 2.05) is 11.0 Å². The molecular weight excluding hydrogens is 326 g/mol. The van der Waals surface area contributed by atoms with Gasteiger partial charge in [-0.15, -0.1) is 0 Å². The van der Waals surface area contributed by atoms with Crippen molar-refractivity contribution in [1.82, 2.24) is 9.88 Å². The van der Waals surface area contributed by atoms with Crippen molar-refractivity contribution in [3.05, 3.63) is 71.4 Å². The van der Waals surface area contributed by atoms with Crippen molar-refractivity contribution in [3.8, 4) is 0 Å². The number of carbonyl (C=O) groups excluding carboxylic acids is 2. The summed E-state index contributed by atoms with van der Waals surface area (Å²) in [6.07, 6.45) is 4.01. The average Bonchev–Trinajstić information content (AvgIpc) is 3.12. The van der Waals surface area contributed by atoms with Gasteiger partial charge in [-0.3, -0.25) is 9.59 Å². The first-order valence-corrected chi connectivity index (χ1v) is 8.88. The molecule has 0 bridgehead atoms. The van der Waals surface area contributed by atoms with Gasteiger partial charge in [0.1, 0.15) is 0 Å². The molecule has 3 aromatic rings. The van der Waals surface area contributed by atoms with Crippen molar-refractivity contribution in [3.63, 3.8) is 0 Å². The zero-order chi connectivity index (χ0) is 18.1. The largest absolute Gasteiger partial charge is 0.366 e. The number of nitrogens with one attached hydrogen (secondary N) is 1. The van der Waals surface area contributed by atoms with Gasteiger partial charge < -0.3 is 15.6 Å². The van der Waals surface area contributed by atoms with E-state index in [1.54, 1.807) is 24.3 Å². The molecule has 0 spiro atoms. The molecule has 0 radical (unpaired) electrons. The van der Waals surface area contributed by atoms with E-state index in [-0.39, 0.29) is 5.91 Å². The minimum absolute atomic E-state index is 0.0124. The normalized spacial score (nSPS) is 15.3. The highest BCUT2D eigenvalue weighted by Crippen LogP contribution is 2.33. The highest BCUT2D eigenvalue weighted by Gasteiger charge is 2.26. The van der Waals surface area contributed by atoms with Crippen LogP contribution in [0.3, 0.4) is 0 Å². The fourth-order valence-electron chi connectivity index (χ4n) is 3.78. The zero-order valence-electron chi connectivity index (χ0n) is 14.4. The lowest BCUT2D eigenvalue weighted by molar-refractivity contribution is 0.0713. The maximum absolute atomic E-state index is 12.7. The molecule has 2 aromatic carbocycles. The molecule has 4 rings (SSSR count). The molecule has 1 aliphatic rings. The van der Waals surface area contributed by atoms with Gasteiger partial charge in [-0.1, -0.05) is 18.2 Å². The fourth-order valence-corrected chi connectivity index (χ4v) is 3.78. The van der Waals surface area contributed by atoms with Crippen LogP contribution in [0.1, 0.15) is 45.0 Å².